The van der Waals surface area contributed by atoms with Crippen molar-refractivity contribution in [1.29, 1.82) is 0 Å². The maximum absolute atomic E-state index is 13.0. The van der Waals surface area contributed by atoms with E-state index in [9.17, 15) is 9.90 Å². The Kier molecular flexibility index (Phi) is 4.92. The zero-order valence-electron chi connectivity index (χ0n) is 17.0. The van der Waals surface area contributed by atoms with Gasteiger partial charge in [0.15, 0.2) is 0 Å². The van der Waals surface area contributed by atoms with Crippen molar-refractivity contribution in [2.75, 3.05) is 13.1 Å². The highest BCUT2D eigenvalue weighted by atomic mass is 16.5. The summed E-state index contributed by atoms with van der Waals surface area (Å²) in [7, 11) is 0. The maximum Gasteiger partial charge on any atom is 0.272 e. The van der Waals surface area contributed by atoms with E-state index >= 15 is 0 Å². The second kappa shape index (κ2) is 7.12. The molecule has 2 aliphatic heterocycles. The van der Waals surface area contributed by atoms with Gasteiger partial charge in [0.25, 0.3) is 5.91 Å². The Morgan fingerprint density at radius 3 is 2.57 bits per heavy atom. The fourth-order valence-electron chi connectivity index (χ4n) is 4.49. The van der Waals surface area contributed by atoms with Gasteiger partial charge in [-0.2, -0.15) is 0 Å². The Morgan fingerprint density at radius 1 is 1.21 bits per heavy atom. The molecule has 1 spiro atoms. The molecular weight excluding hydrogens is 352 g/mol. The Hall–Kier alpha value is -1.98. The molecule has 3 heterocycles. The highest BCUT2D eigenvalue weighted by molar-refractivity contribution is 5.96. The number of benzene rings is 1. The number of aliphatic hydroxyl groups is 1. The van der Waals surface area contributed by atoms with Crippen molar-refractivity contribution < 1.29 is 14.6 Å². The first-order valence-electron chi connectivity index (χ1n) is 10.3. The minimum atomic E-state index is -0.331. The van der Waals surface area contributed by atoms with Crippen LogP contribution in [0.25, 0.3) is 10.8 Å². The molecule has 1 aromatic heterocycles. The highest BCUT2D eigenvalue weighted by Gasteiger charge is 2.46. The molecule has 0 saturated carbocycles. The first kappa shape index (κ1) is 19.3. The number of piperidine rings is 1. The summed E-state index contributed by atoms with van der Waals surface area (Å²) < 4.78 is 6.53. The molecule has 0 aliphatic carbocycles. The van der Waals surface area contributed by atoms with Gasteiger partial charge in [0.1, 0.15) is 5.69 Å². The molecule has 2 aromatic rings. The number of nitrogens with zero attached hydrogens (tertiary/aromatic N) is 2. The summed E-state index contributed by atoms with van der Waals surface area (Å²) >= 11 is 0. The molecule has 2 saturated heterocycles. The highest BCUT2D eigenvalue weighted by Crippen LogP contribution is 2.42. The van der Waals surface area contributed by atoms with Crippen molar-refractivity contribution in [3.8, 4) is 0 Å². The minimum Gasteiger partial charge on any atom is -0.393 e. The molecule has 5 nitrogen and oxygen atoms in total. The average molecular weight is 383 g/mol. The lowest BCUT2D eigenvalue weighted by Crippen LogP contribution is -2.55. The molecule has 28 heavy (non-hydrogen) atoms. The van der Waals surface area contributed by atoms with E-state index in [1.165, 1.54) is 0 Å². The van der Waals surface area contributed by atoms with Gasteiger partial charge in [-0.05, 0) is 29.7 Å². The van der Waals surface area contributed by atoms with Gasteiger partial charge in [0, 0.05) is 37.5 Å². The monoisotopic (exact) mass is 382 g/mol. The van der Waals surface area contributed by atoms with Gasteiger partial charge in [-0.3, -0.25) is 9.78 Å². The standard InChI is InChI=1S/C23H30N2O3/c1-22(2,3)20-13-18(26)14-23(28-20)8-10-25(11-9-23)21(27)19-12-16-6-4-5-7-17(16)15-24-19/h4-7,12,15,18,20,26H,8-11,13-14H2,1-3H3/t18-,20-/m1/s1. The molecule has 2 fully saturated rings. The summed E-state index contributed by atoms with van der Waals surface area (Å²) in [5.74, 6) is -0.0238. The fraction of sp³-hybridized carbons (Fsp3) is 0.565. The molecular formula is C23H30N2O3. The molecule has 0 unspecified atom stereocenters. The number of ether oxygens (including phenoxy) is 1. The van der Waals surface area contributed by atoms with E-state index in [4.69, 9.17) is 4.74 Å². The molecule has 5 heteroatoms. The van der Waals surface area contributed by atoms with Gasteiger partial charge in [0.2, 0.25) is 0 Å². The number of carbonyl (C=O) groups excluding carboxylic acids is 1. The van der Waals surface area contributed by atoms with Gasteiger partial charge in [-0.25, -0.2) is 0 Å². The Balaban J connectivity index is 1.46. The van der Waals surface area contributed by atoms with Gasteiger partial charge in [-0.15, -0.1) is 0 Å². The van der Waals surface area contributed by atoms with Crippen molar-refractivity contribution in [2.24, 2.45) is 5.41 Å². The average Bonchev–Trinajstić information content (AvgIpc) is 2.66. The van der Waals surface area contributed by atoms with E-state index < -0.39 is 0 Å². The van der Waals surface area contributed by atoms with E-state index in [-0.39, 0.29) is 29.1 Å². The first-order valence-corrected chi connectivity index (χ1v) is 10.3. The lowest BCUT2D eigenvalue weighted by molar-refractivity contribution is -0.205. The molecule has 4 rings (SSSR count). The van der Waals surface area contributed by atoms with Crippen LogP contribution in [-0.2, 0) is 4.74 Å². The van der Waals surface area contributed by atoms with Crippen LogP contribution in [0.5, 0.6) is 0 Å². The topological polar surface area (TPSA) is 62.7 Å². The summed E-state index contributed by atoms with van der Waals surface area (Å²) in [5.41, 5.74) is 0.173. The number of pyridine rings is 1. The van der Waals surface area contributed by atoms with Crippen LogP contribution >= 0.6 is 0 Å². The molecule has 0 radical (unpaired) electrons. The van der Waals surface area contributed by atoms with Crippen LogP contribution in [0.15, 0.2) is 36.5 Å². The van der Waals surface area contributed by atoms with Crippen molar-refractivity contribution in [3.05, 3.63) is 42.2 Å². The summed E-state index contributed by atoms with van der Waals surface area (Å²) in [5, 5.41) is 12.5. The van der Waals surface area contributed by atoms with Gasteiger partial charge in [0.05, 0.1) is 17.8 Å². The zero-order chi connectivity index (χ0) is 19.9. The van der Waals surface area contributed by atoms with Crippen molar-refractivity contribution in [2.45, 2.75) is 64.3 Å². The number of rotatable bonds is 1. The van der Waals surface area contributed by atoms with Crippen LogP contribution in [0.2, 0.25) is 0 Å². The van der Waals surface area contributed by atoms with Gasteiger partial charge in [-0.1, -0.05) is 45.0 Å². The molecule has 1 N–H and O–H groups in total. The first-order chi connectivity index (χ1) is 13.3. The third-order valence-electron chi connectivity index (χ3n) is 6.26. The molecule has 1 amide bonds. The zero-order valence-corrected chi connectivity index (χ0v) is 17.0. The summed E-state index contributed by atoms with van der Waals surface area (Å²) in [6.07, 6.45) is 4.35. The Bertz CT molecular complexity index is 866. The lowest BCUT2D eigenvalue weighted by atomic mass is 9.76. The Morgan fingerprint density at radius 2 is 1.89 bits per heavy atom. The van der Waals surface area contributed by atoms with E-state index in [1.54, 1.807) is 6.20 Å². The molecule has 0 bridgehead atoms. The summed E-state index contributed by atoms with van der Waals surface area (Å²) in [6, 6.07) is 9.82. The molecule has 1 aromatic carbocycles. The minimum absolute atomic E-state index is 0.00360. The van der Waals surface area contributed by atoms with E-state index in [0.717, 1.165) is 23.6 Å². The number of amides is 1. The number of likely N-dealkylation sites (tertiary alicyclic amines) is 1. The van der Waals surface area contributed by atoms with Crippen LogP contribution in [0.4, 0.5) is 0 Å². The van der Waals surface area contributed by atoms with Gasteiger partial charge >= 0.3 is 0 Å². The Labute approximate surface area is 166 Å². The number of carbonyl (C=O) groups is 1. The van der Waals surface area contributed by atoms with E-state index in [2.05, 4.69) is 25.8 Å². The predicted molar refractivity (Wildman–Crippen MR) is 109 cm³/mol. The van der Waals surface area contributed by atoms with Crippen LogP contribution in [0, 0.1) is 5.41 Å². The fourth-order valence-corrected chi connectivity index (χ4v) is 4.49. The van der Waals surface area contributed by atoms with Crippen molar-refractivity contribution in [1.82, 2.24) is 9.88 Å². The molecule has 150 valence electrons. The normalized spacial score (nSPS) is 25.2. The maximum atomic E-state index is 13.0. The van der Waals surface area contributed by atoms with Crippen molar-refractivity contribution >= 4 is 16.7 Å². The molecule has 2 atom stereocenters. The number of aliphatic hydroxyl groups excluding tert-OH is 1. The largest absolute Gasteiger partial charge is 0.393 e. The SMILES string of the molecule is CC(C)(C)[C@H]1C[C@@H](O)CC2(CCN(C(=O)c3cc4ccccc4cn3)CC2)O1. The second-order valence-corrected chi connectivity index (χ2v) is 9.46. The van der Waals surface area contributed by atoms with Crippen molar-refractivity contribution in [3.63, 3.8) is 0 Å². The summed E-state index contributed by atoms with van der Waals surface area (Å²) in [6.45, 7) is 7.75. The van der Waals surface area contributed by atoms with Gasteiger partial charge < -0.3 is 14.7 Å². The van der Waals surface area contributed by atoms with Crippen LogP contribution in [0.1, 0.15) is 56.9 Å². The van der Waals surface area contributed by atoms with Crippen LogP contribution in [-0.4, -0.2) is 51.8 Å². The second-order valence-electron chi connectivity index (χ2n) is 9.46. The number of fused-ring (bicyclic) bond motifs is 1. The van der Waals surface area contributed by atoms with Crippen LogP contribution < -0.4 is 0 Å². The van der Waals surface area contributed by atoms with E-state index in [0.29, 0.717) is 31.6 Å². The van der Waals surface area contributed by atoms with E-state index in [1.807, 2.05) is 35.2 Å². The number of hydrogen-bond donors (Lipinski definition) is 1. The smallest absolute Gasteiger partial charge is 0.272 e. The number of hydrogen-bond acceptors (Lipinski definition) is 4. The quantitative estimate of drug-likeness (QED) is 0.815. The number of aromatic nitrogens is 1. The lowest BCUT2D eigenvalue weighted by Gasteiger charge is -2.50. The van der Waals surface area contributed by atoms with Crippen LogP contribution in [0.3, 0.4) is 0 Å². The molecule has 2 aliphatic rings. The third-order valence-corrected chi connectivity index (χ3v) is 6.26. The third kappa shape index (κ3) is 3.78. The predicted octanol–water partition coefficient (Wildman–Crippen LogP) is 3.80. The summed E-state index contributed by atoms with van der Waals surface area (Å²) in [4.78, 5) is 19.2.